The van der Waals surface area contributed by atoms with Crippen LogP contribution in [0, 0.1) is 18.7 Å². The lowest BCUT2D eigenvalue weighted by Crippen LogP contribution is -2.26. The first-order valence-corrected chi connectivity index (χ1v) is 5.43. The molecule has 0 heterocycles. The molecule has 0 aliphatic carbocycles. The smallest absolute Gasteiger partial charge is 0.123 e. The van der Waals surface area contributed by atoms with Crippen molar-refractivity contribution in [1.82, 2.24) is 0 Å². The van der Waals surface area contributed by atoms with Crippen LogP contribution < -0.4 is 0 Å². The zero-order chi connectivity index (χ0) is 12.3. The second kappa shape index (κ2) is 5.41. The van der Waals surface area contributed by atoms with Crippen LogP contribution in [0.15, 0.2) is 18.2 Å². The summed E-state index contributed by atoms with van der Waals surface area (Å²) in [6.45, 7) is 5.73. The van der Waals surface area contributed by atoms with Gasteiger partial charge in [-0.15, -0.1) is 0 Å². The molecule has 16 heavy (non-hydrogen) atoms. The van der Waals surface area contributed by atoms with Crippen molar-refractivity contribution in [3.05, 3.63) is 35.1 Å². The van der Waals surface area contributed by atoms with Crippen LogP contribution in [-0.2, 0) is 4.74 Å². The van der Waals surface area contributed by atoms with E-state index in [-0.39, 0.29) is 17.8 Å². The lowest BCUT2D eigenvalue weighted by Gasteiger charge is -2.25. The summed E-state index contributed by atoms with van der Waals surface area (Å²) in [5.41, 5.74) is 1.37. The van der Waals surface area contributed by atoms with Gasteiger partial charge in [0.2, 0.25) is 0 Å². The summed E-state index contributed by atoms with van der Waals surface area (Å²) in [7, 11) is 1.56. The first kappa shape index (κ1) is 13.1. The molecule has 2 atom stereocenters. The van der Waals surface area contributed by atoms with Crippen molar-refractivity contribution in [3.8, 4) is 0 Å². The predicted molar refractivity (Wildman–Crippen MR) is 61.7 cm³/mol. The average molecular weight is 226 g/mol. The second-order valence-corrected chi connectivity index (χ2v) is 4.45. The molecule has 1 aromatic rings. The largest absolute Gasteiger partial charge is 0.386 e. The molecule has 0 saturated carbocycles. The number of halogens is 1. The number of rotatable bonds is 4. The normalized spacial score (nSPS) is 15.2. The van der Waals surface area contributed by atoms with Gasteiger partial charge in [-0.3, -0.25) is 0 Å². The van der Waals surface area contributed by atoms with Crippen LogP contribution in [0.4, 0.5) is 4.39 Å². The van der Waals surface area contributed by atoms with Gasteiger partial charge in [-0.05, 0) is 36.1 Å². The Morgan fingerprint density at radius 2 is 1.88 bits per heavy atom. The predicted octanol–water partition coefficient (Wildman–Crippen LogP) is 2.84. The number of ether oxygens (including phenoxy) is 1. The van der Waals surface area contributed by atoms with E-state index < -0.39 is 6.10 Å². The van der Waals surface area contributed by atoms with Gasteiger partial charge in [-0.25, -0.2) is 4.39 Å². The summed E-state index contributed by atoms with van der Waals surface area (Å²) in [6.07, 6.45) is -1.11. The van der Waals surface area contributed by atoms with Gasteiger partial charge in [-0.2, -0.15) is 0 Å². The highest BCUT2D eigenvalue weighted by molar-refractivity contribution is 5.26. The number of benzene rings is 1. The number of hydrogen-bond acceptors (Lipinski definition) is 2. The van der Waals surface area contributed by atoms with Crippen LogP contribution in [-0.4, -0.2) is 18.3 Å². The van der Waals surface area contributed by atoms with Crippen LogP contribution in [0.25, 0.3) is 0 Å². The molecule has 0 spiro atoms. The van der Waals surface area contributed by atoms with Crippen LogP contribution in [0.1, 0.15) is 31.1 Å². The minimum Gasteiger partial charge on any atom is -0.386 e. The Morgan fingerprint density at radius 1 is 1.25 bits per heavy atom. The molecule has 1 rings (SSSR count). The first-order chi connectivity index (χ1) is 7.45. The Labute approximate surface area is 96.1 Å². The van der Waals surface area contributed by atoms with Gasteiger partial charge in [0.05, 0.1) is 6.10 Å². The van der Waals surface area contributed by atoms with Gasteiger partial charge in [0.15, 0.2) is 0 Å². The fourth-order valence-electron chi connectivity index (χ4n) is 1.89. The number of aliphatic hydroxyl groups excluding tert-OH is 1. The maximum atomic E-state index is 13.2. The summed E-state index contributed by atoms with van der Waals surface area (Å²) in [6, 6.07) is 4.57. The minimum absolute atomic E-state index is 0.170. The van der Waals surface area contributed by atoms with E-state index in [4.69, 9.17) is 4.74 Å². The van der Waals surface area contributed by atoms with Gasteiger partial charge in [0.1, 0.15) is 11.9 Å². The van der Waals surface area contributed by atoms with Gasteiger partial charge in [-0.1, -0.05) is 19.9 Å². The molecular weight excluding hydrogens is 207 g/mol. The minimum atomic E-state index is -0.792. The molecule has 0 aliphatic rings. The summed E-state index contributed by atoms with van der Waals surface area (Å²) in [5, 5.41) is 10.1. The Hall–Kier alpha value is -0.930. The van der Waals surface area contributed by atoms with Crippen LogP contribution in [0.5, 0.6) is 0 Å². The molecule has 0 radical (unpaired) electrons. The van der Waals surface area contributed by atoms with E-state index in [1.807, 2.05) is 13.8 Å². The molecule has 0 fully saturated rings. The van der Waals surface area contributed by atoms with E-state index in [9.17, 15) is 9.50 Å². The highest BCUT2D eigenvalue weighted by Gasteiger charge is 2.24. The zero-order valence-electron chi connectivity index (χ0n) is 10.2. The third kappa shape index (κ3) is 3.03. The average Bonchev–Trinajstić information content (AvgIpc) is 2.16. The third-order valence-electron chi connectivity index (χ3n) is 2.65. The van der Waals surface area contributed by atoms with Crippen LogP contribution in [0.2, 0.25) is 0 Å². The van der Waals surface area contributed by atoms with Crippen molar-refractivity contribution in [2.45, 2.75) is 33.0 Å². The summed E-state index contributed by atoms with van der Waals surface area (Å²) >= 11 is 0. The van der Waals surface area contributed by atoms with Crippen LogP contribution >= 0.6 is 0 Å². The lowest BCUT2D eigenvalue weighted by atomic mass is 9.95. The fraction of sp³-hybridized carbons (Fsp3) is 0.538. The fourth-order valence-corrected chi connectivity index (χ4v) is 1.89. The van der Waals surface area contributed by atoms with E-state index in [0.29, 0.717) is 5.56 Å². The van der Waals surface area contributed by atoms with E-state index >= 15 is 0 Å². The Morgan fingerprint density at radius 3 is 2.31 bits per heavy atom. The molecule has 0 aliphatic heterocycles. The molecule has 0 aromatic heterocycles. The third-order valence-corrected chi connectivity index (χ3v) is 2.65. The Bertz CT molecular complexity index is 330. The Balaban J connectivity index is 2.98. The topological polar surface area (TPSA) is 29.5 Å². The zero-order valence-corrected chi connectivity index (χ0v) is 10.2. The van der Waals surface area contributed by atoms with Crippen molar-refractivity contribution >= 4 is 0 Å². The maximum absolute atomic E-state index is 13.2. The number of aliphatic hydroxyl groups is 1. The van der Waals surface area contributed by atoms with Gasteiger partial charge >= 0.3 is 0 Å². The van der Waals surface area contributed by atoms with Crippen molar-refractivity contribution in [3.63, 3.8) is 0 Å². The second-order valence-electron chi connectivity index (χ2n) is 4.45. The molecule has 0 bridgehead atoms. The summed E-state index contributed by atoms with van der Waals surface area (Å²) < 4.78 is 18.4. The standard InChI is InChI=1S/C13H19FO2/c1-8(2)13(16-4)12(15)10-5-9(3)6-11(14)7-10/h5-8,12-13,15H,1-4H3. The molecule has 1 aromatic carbocycles. The van der Waals surface area contributed by atoms with Crippen molar-refractivity contribution in [2.24, 2.45) is 5.92 Å². The Kier molecular flexibility index (Phi) is 4.44. The summed E-state index contributed by atoms with van der Waals surface area (Å²) in [5.74, 6) is -0.156. The molecule has 0 saturated heterocycles. The SMILES string of the molecule is COC(C(C)C)C(O)c1cc(C)cc(F)c1. The van der Waals surface area contributed by atoms with Gasteiger partial charge in [0.25, 0.3) is 0 Å². The highest BCUT2D eigenvalue weighted by atomic mass is 19.1. The van der Waals surface area contributed by atoms with E-state index in [1.54, 1.807) is 20.1 Å². The van der Waals surface area contributed by atoms with E-state index in [2.05, 4.69) is 0 Å². The van der Waals surface area contributed by atoms with Crippen molar-refractivity contribution in [2.75, 3.05) is 7.11 Å². The maximum Gasteiger partial charge on any atom is 0.123 e. The monoisotopic (exact) mass is 226 g/mol. The van der Waals surface area contributed by atoms with E-state index in [0.717, 1.165) is 5.56 Å². The number of hydrogen-bond donors (Lipinski definition) is 1. The molecule has 90 valence electrons. The lowest BCUT2D eigenvalue weighted by molar-refractivity contribution is -0.0392. The molecule has 1 N–H and O–H groups in total. The molecule has 2 nitrogen and oxygen atoms in total. The number of methoxy groups -OCH3 is 1. The van der Waals surface area contributed by atoms with Crippen molar-refractivity contribution in [1.29, 1.82) is 0 Å². The first-order valence-electron chi connectivity index (χ1n) is 5.43. The van der Waals surface area contributed by atoms with Crippen molar-refractivity contribution < 1.29 is 14.2 Å². The quantitative estimate of drug-likeness (QED) is 0.855. The molecule has 2 unspecified atom stereocenters. The summed E-state index contributed by atoms with van der Waals surface area (Å²) in [4.78, 5) is 0. The molecule has 0 amide bonds. The van der Waals surface area contributed by atoms with Gasteiger partial charge < -0.3 is 9.84 Å². The molecular formula is C13H19FO2. The molecule has 3 heteroatoms. The van der Waals surface area contributed by atoms with Gasteiger partial charge in [0, 0.05) is 7.11 Å². The number of aryl methyl sites for hydroxylation is 1. The van der Waals surface area contributed by atoms with E-state index in [1.165, 1.54) is 12.1 Å². The van der Waals surface area contributed by atoms with Crippen LogP contribution in [0.3, 0.4) is 0 Å². The highest BCUT2D eigenvalue weighted by Crippen LogP contribution is 2.25.